The van der Waals surface area contributed by atoms with Gasteiger partial charge in [0.2, 0.25) is 0 Å². The van der Waals surface area contributed by atoms with Gasteiger partial charge in [-0.25, -0.2) is 4.98 Å². The molecule has 0 aromatic carbocycles. The molecule has 2 aromatic heterocycles. The zero-order valence-electron chi connectivity index (χ0n) is 9.48. The highest BCUT2D eigenvalue weighted by Gasteiger charge is 2.17. The lowest BCUT2D eigenvalue weighted by Gasteiger charge is -2.01. The first-order valence-corrected chi connectivity index (χ1v) is 6.58. The number of imidazole rings is 1. The molecule has 0 atom stereocenters. The maximum atomic E-state index is 11.9. The molecule has 0 unspecified atom stereocenters. The molecule has 17 heavy (non-hydrogen) atoms. The molecular weight excluding hydrogens is 242 g/mol. The summed E-state index contributed by atoms with van der Waals surface area (Å²) < 4.78 is 26.1. The second-order valence-corrected chi connectivity index (χ2v) is 5.22. The van der Waals surface area contributed by atoms with Crippen LogP contribution in [0.25, 0.3) is 0 Å². The average molecular weight is 255 g/mol. The Hall–Kier alpha value is -1.83. The van der Waals surface area contributed by atoms with Crippen LogP contribution >= 0.6 is 0 Å². The van der Waals surface area contributed by atoms with E-state index in [0.29, 0.717) is 5.82 Å². The molecule has 2 rings (SSSR count). The first-order valence-electron chi connectivity index (χ1n) is 5.10. The van der Waals surface area contributed by atoms with Gasteiger partial charge in [0.05, 0.1) is 6.20 Å². The second kappa shape index (κ2) is 4.21. The van der Waals surface area contributed by atoms with Gasteiger partial charge in [0, 0.05) is 11.8 Å². The van der Waals surface area contributed by atoms with Crippen LogP contribution in [0.15, 0.2) is 17.3 Å². The summed E-state index contributed by atoms with van der Waals surface area (Å²) in [6, 6.07) is 1.65. The molecule has 0 bridgehead atoms. The van der Waals surface area contributed by atoms with E-state index >= 15 is 0 Å². The Morgan fingerprint density at radius 3 is 2.76 bits per heavy atom. The van der Waals surface area contributed by atoms with Gasteiger partial charge in [-0.3, -0.25) is 9.82 Å². The number of nitrogens with zero attached hydrogens (tertiary/aromatic N) is 2. The van der Waals surface area contributed by atoms with Crippen molar-refractivity contribution in [2.75, 3.05) is 4.72 Å². The summed E-state index contributed by atoms with van der Waals surface area (Å²) in [4.78, 5) is 6.50. The molecule has 0 saturated heterocycles. The molecule has 0 aliphatic heterocycles. The summed E-state index contributed by atoms with van der Waals surface area (Å²) in [5.74, 6) is 0.816. The minimum Gasteiger partial charge on any atom is -0.332 e. The fraction of sp³-hybridized carbons (Fsp3) is 0.333. The smallest absolute Gasteiger partial charge is 0.280 e. The Morgan fingerprint density at radius 2 is 2.24 bits per heavy atom. The quantitative estimate of drug-likeness (QED) is 0.751. The van der Waals surface area contributed by atoms with Gasteiger partial charge in [-0.05, 0) is 13.3 Å². The van der Waals surface area contributed by atoms with E-state index in [0.717, 1.165) is 12.1 Å². The highest BCUT2D eigenvalue weighted by Crippen LogP contribution is 2.13. The van der Waals surface area contributed by atoms with Crippen LogP contribution in [0.5, 0.6) is 0 Å². The predicted molar refractivity (Wildman–Crippen MR) is 62.1 cm³/mol. The number of sulfonamides is 1. The first-order chi connectivity index (χ1) is 8.01. The van der Waals surface area contributed by atoms with E-state index < -0.39 is 10.0 Å². The lowest BCUT2D eigenvalue weighted by atomic mass is 10.3. The summed E-state index contributed by atoms with van der Waals surface area (Å²) in [5, 5.41) is 6.61. The molecule has 7 nitrogen and oxygen atoms in total. The van der Waals surface area contributed by atoms with Crippen LogP contribution in [-0.4, -0.2) is 28.6 Å². The fourth-order valence-electron chi connectivity index (χ4n) is 1.32. The van der Waals surface area contributed by atoms with Crippen LogP contribution in [0.4, 0.5) is 5.82 Å². The predicted octanol–water partition coefficient (Wildman–Crippen LogP) is 0.804. The Balaban J connectivity index is 2.23. The maximum absolute atomic E-state index is 11.9. The van der Waals surface area contributed by atoms with Crippen LogP contribution in [-0.2, 0) is 16.4 Å². The number of H-pyrrole nitrogens is 2. The highest BCUT2D eigenvalue weighted by molar-refractivity contribution is 7.92. The third-order valence-electron chi connectivity index (χ3n) is 2.22. The third-order valence-corrected chi connectivity index (χ3v) is 3.48. The highest BCUT2D eigenvalue weighted by atomic mass is 32.2. The van der Waals surface area contributed by atoms with Gasteiger partial charge in [0.25, 0.3) is 10.0 Å². The monoisotopic (exact) mass is 255 g/mol. The molecule has 0 amide bonds. The van der Waals surface area contributed by atoms with E-state index in [4.69, 9.17) is 0 Å². The molecule has 0 fully saturated rings. The van der Waals surface area contributed by atoms with Gasteiger partial charge in [-0.15, -0.1) is 0 Å². The third kappa shape index (κ3) is 2.47. The number of aryl methyl sites for hydroxylation is 2. The van der Waals surface area contributed by atoms with Crippen molar-refractivity contribution in [1.29, 1.82) is 0 Å². The first kappa shape index (κ1) is 11.6. The van der Waals surface area contributed by atoms with Gasteiger partial charge >= 0.3 is 0 Å². The number of rotatable bonds is 4. The molecule has 92 valence electrons. The van der Waals surface area contributed by atoms with Crippen molar-refractivity contribution < 1.29 is 8.42 Å². The van der Waals surface area contributed by atoms with E-state index in [1.807, 2.05) is 6.92 Å². The van der Waals surface area contributed by atoms with Crippen LogP contribution in [0.3, 0.4) is 0 Å². The number of aromatic amines is 2. The molecule has 0 aliphatic carbocycles. The topological polar surface area (TPSA) is 104 Å². The minimum atomic E-state index is -3.64. The Morgan fingerprint density at radius 1 is 1.47 bits per heavy atom. The van der Waals surface area contributed by atoms with E-state index in [1.54, 1.807) is 13.0 Å². The summed E-state index contributed by atoms with van der Waals surface area (Å²) in [6.07, 6.45) is 2.03. The van der Waals surface area contributed by atoms with Crippen molar-refractivity contribution in [3.8, 4) is 0 Å². The molecule has 0 aliphatic rings. The standard InChI is InChI=1S/C9H13N5O2S/c1-3-7-4-8(13-12-7)14-17(15,16)9-5-10-6(2)11-9/h4-5H,3H2,1-2H3,(H,10,11)(H2,12,13,14). The fourth-order valence-corrected chi connectivity index (χ4v) is 2.29. The lowest BCUT2D eigenvalue weighted by Crippen LogP contribution is -2.13. The zero-order valence-corrected chi connectivity index (χ0v) is 10.3. The van der Waals surface area contributed by atoms with Gasteiger partial charge in [0.1, 0.15) is 5.82 Å². The lowest BCUT2D eigenvalue weighted by molar-refractivity contribution is 0.598. The SMILES string of the molecule is CCc1cc(NS(=O)(=O)c2cnc(C)[nH]2)n[nH]1. The summed E-state index contributed by atoms with van der Waals surface area (Å²) in [6.45, 7) is 3.63. The molecule has 2 heterocycles. The van der Waals surface area contributed by atoms with E-state index in [-0.39, 0.29) is 10.8 Å². The molecule has 3 N–H and O–H groups in total. The minimum absolute atomic E-state index is 0.0241. The zero-order chi connectivity index (χ0) is 12.5. The van der Waals surface area contributed by atoms with Crippen molar-refractivity contribution in [2.24, 2.45) is 0 Å². The van der Waals surface area contributed by atoms with Crippen molar-refractivity contribution in [3.63, 3.8) is 0 Å². The van der Waals surface area contributed by atoms with Crippen molar-refractivity contribution in [3.05, 3.63) is 23.8 Å². The Bertz CT molecular complexity index is 613. The van der Waals surface area contributed by atoms with Gasteiger partial charge in [0.15, 0.2) is 10.8 Å². The molecule has 0 saturated carbocycles. The van der Waals surface area contributed by atoms with Crippen LogP contribution in [0, 0.1) is 6.92 Å². The largest absolute Gasteiger partial charge is 0.332 e. The number of nitrogens with one attached hydrogen (secondary N) is 3. The number of hydrogen-bond donors (Lipinski definition) is 3. The number of anilines is 1. The number of hydrogen-bond acceptors (Lipinski definition) is 4. The van der Waals surface area contributed by atoms with Gasteiger partial charge in [-0.1, -0.05) is 6.92 Å². The summed E-state index contributed by atoms with van der Waals surface area (Å²) >= 11 is 0. The van der Waals surface area contributed by atoms with Crippen LogP contribution in [0.1, 0.15) is 18.4 Å². The molecular formula is C9H13N5O2S. The van der Waals surface area contributed by atoms with Crippen molar-refractivity contribution in [2.45, 2.75) is 25.3 Å². The summed E-state index contributed by atoms with van der Waals surface area (Å²) in [5.41, 5.74) is 0.864. The van der Waals surface area contributed by atoms with E-state index in [1.165, 1.54) is 6.20 Å². The van der Waals surface area contributed by atoms with Crippen LogP contribution in [0.2, 0.25) is 0 Å². The Kier molecular flexibility index (Phi) is 2.88. The molecule has 2 aromatic rings. The van der Waals surface area contributed by atoms with E-state index in [2.05, 4.69) is 24.9 Å². The molecule has 8 heteroatoms. The van der Waals surface area contributed by atoms with E-state index in [9.17, 15) is 8.42 Å². The second-order valence-electron chi connectivity index (χ2n) is 3.57. The van der Waals surface area contributed by atoms with Gasteiger partial charge in [-0.2, -0.15) is 13.5 Å². The van der Waals surface area contributed by atoms with Gasteiger partial charge < -0.3 is 4.98 Å². The van der Waals surface area contributed by atoms with Crippen LogP contribution < -0.4 is 4.72 Å². The number of aromatic nitrogens is 4. The normalized spacial score (nSPS) is 11.6. The Labute approximate surface area is 98.7 Å². The molecule has 0 radical (unpaired) electrons. The summed E-state index contributed by atoms with van der Waals surface area (Å²) in [7, 11) is -3.64. The molecule has 0 spiro atoms. The van der Waals surface area contributed by atoms with Crippen molar-refractivity contribution >= 4 is 15.8 Å². The average Bonchev–Trinajstić information content (AvgIpc) is 2.86. The van der Waals surface area contributed by atoms with Crippen molar-refractivity contribution in [1.82, 2.24) is 20.2 Å². The maximum Gasteiger partial charge on any atom is 0.280 e.